The van der Waals surface area contributed by atoms with Crippen molar-refractivity contribution in [1.82, 2.24) is 0 Å². The molecule has 0 aromatic heterocycles. The molecule has 0 radical (unpaired) electrons. The largest absolute Gasteiger partial charge is 0.273 e. The van der Waals surface area contributed by atoms with Gasteiger partial charge in [-0.15, -0.1) is 0 Å². The van der Waals surface area contributed by atoms with E-state index in [1.807, 2.05) is 103 Å². The maximum Gasteiger partial charge on any atom is 0.266 e. The van der Waals surface area contributed by atoms with E-state index < -0.39 is 18.1 Å². The van der Waals surface area contributed by atoms with Crippen LogP contribution in [0.25, 0.3) is 10.8 Å². The maximum atomic E-state index is 13.7. The van der Waals surface area contributed by atoms with Gasteiger partial charge < -0.3 is 0 Å². The minimum absolute atomic E-state index is 0.234. The van der Waals surface area contributed by atoms with Gasteiger partial charge in [0.25, 0.3) is 5.91 Å². The molecular weight excluding hydrogens is 400 g/mol. The summed E-state index contributed by atoms with van der Waals surface area (Å²) in [5, 5.41) is 3.76. The number of carbonyl (C=O) groups excluding carboxylic acids is 2. The minimum atomic E-state index is -0.862. The first kappa shape index (κ1) is 18.8. The van der Waals surface area contributed by atoms with E-state index in [4.69, 9.17) is 4.84 Å². The third kappa shape index (κ3) is 2.82. The molecule has 0 spiro atoms. The van der Waals surface area contributed by atoms with Crippen LogP contribution < -0.4 is 9.96 Å². The van der Waals surface area contributed by atoms with Gasteiger partial charge in [-0.05, 0) is 40.6 Å². The fourth-order valence-corrected chi connectivity index (χ4v) is 4.77. The average Bonchev–Trinajstić information content (AvgIpc) is 3.36. The Hall–Kier alpha value is -3.96. The molecule has 156 valence electrons. The maximum absolute atomic E-state index is 13.7. The molecule has 6 rings (SSSR count). The van der Waals surface area contributed by atoms with E-state index >= 15 is 0 Å². The van der Waals surface area contributed by atoms with Crippen molar-refractivity contribution in [1.29, 1.82) is 0 Å². The molecule has 32 heavy (non-hydrogen) atoms. The number of fused-ring (bicyclic) bond motifs is 2. The van der Waals surface area contributed by atoms with Crippen LogP contribution in [0.3, 0.4) is 0 Å². The summed E-state index contributed by atoms with van der Waals surface area (Å²) in [6.07, 6.45) is -0.862. The Labute approximate surface area is 185 Å². The highest BCUT2D eigenvalue weighted by Crippen LogP contribution is 2.47. The topological polar surface area (TPSA) is 49.9 Å². The number of hydrogen-bond donors (Lipinski definition) is 0. The Balaban J connectivity index is 1.43. The third-order valence-corrected chi connectivity index (χ3v) is 6.26. The number of hydrogen-bond acceptors (Lipinski definition) is 4. The second-order valence-corrected chi connectivity index (χ2v) is 8.11. The van der Waals surface area contributed by atoms with Crippen molar-refractivity contribution in [2.24, 2.45) is 5.92 Å². The molecule has 2 saturated heterocycles. The predicted octanol–water partition coefficient (Wildman–Crippen LogP) is 4.89. The number of carbonyl (C=O) groups is 2. The Kier molecular flexibility index (Phi) is 4.30. The van der Waals surface area contributed by atoms with Crippen LogP contribution in [0, 0.1) is 5.92 Å². The smallest absolute Gasteiger partial charge is 0.266 e. The second-order valence-electron chi connectivity index (χ2n) is 8.11. The Bertz CT molecular complexity index is 1320. The van der Waals surface area contributed by atoms with Crippen molar-refractivity contribution in [3.05, 3.63) is 109 Å². The van der Waals surface area contributed by atoms with Crippen LogP contribution in [0.4, 0.5) is 11.4 Å². The zero-order valence-electron chi connectivity index (χ0n) is 17.2. The molecule has 2 amide bonds. The summed E-state index contributed by atoms with van der Waals surface area (Å²) in [4.78, 5) is 34.6. The van der Waals surface area contributed by atoms with Gasteiger partial charge in [0.2, 0.25) is 5.91 Å². The normalized spacial score (nSPS) is 22.6. The molecule has 3 atom stereocenters. The van der Waals surface area contributed by atoms with Crippen molar-refractivity contribution < 1.29 is 14.4 Å². The van der Waals surface area contributed by atoms with Gasteiger partial charge in [0.05, 0.1) is 17.4 Å². The number of imide groups is 1. The molecule has 0 bridgehead atoms. The lowest BCUT2D eigenvalue weighted by molar-refractivity contribution is -0.126. The van der Waals surface area contributed by atoms with E-state index in [9.17, 15) is 9.59 Å². The van der Waals surface area contributed by atoms with Crippen LogP contribution in [0.5, 0.6) is 0 Å². The summed E-state index contributed by atoms with van der Waals surface area (Å²) < 4.78 is 0. The van der Waals surface area contributed by atoms with Gasteiger partial charge in [-0.1, -0.05) is 78.9 Å². The van der Waals surface area contributed by atoms with Gasteiger partial charge >= 0.3 is 0 Å². The first-order valence-corrected chi connectivity index (χ1v) is 10.6. The van der Waals surface area contributed by atoms with Crippen LogP contribution in [-0.4, -0.2) is 17.9 Å². The monoisotopic (exact) mass is 420 g/mol. The molecule has 0 N–H and O–H groups in total. The molecule has 2 aliphatic heterocycles. The van der Waals surface area contributed by atoms with E-state index in [-0.39, 0.29) is 11.8 Å². The summed E-state index contributed by atoms with van der Waals surface area (Å²) in [5.41, 5.74) is 2.33. The molecule has 5 heteroatoms. The standard InChI is InChI=1S/C27H20N2O3/c30-26-23-24(19-10-3-1-4-11-19)29(21-13-5-2-6-14-21)32-25(23)27(31)28(26)22-16-15-18-9-7-8-12-20(18)17-22/h1-17,23-25H/t23-,24+,25+/m0/s1. The first-order valence-electron chi connectivity index (χ1n) is 10.6. The van der Waals surface area contributed by atoms with Crippen molar-refractivity contribution >= 4 is 34.0 Å². The lowest BCUT2D eigenvalue weighted by atomic mass is 9.90. The summed E-state index contributed by atoms with van der Waals surface area (Å²) in [6.45, 7) is 0. The summed E-state index contributed by atoms with van der Waals surface area (Å²) in [6, 6.07) is 32.5. The molecule has 0 unspecified atom stereocenters. The van der Waals surface area contributed by atoms with E-state index in [0.29, 0.717) is 5.69 Å². The van der Waals surface area contributed by atoms with Gasteiger partial charge in [-0.25, -0.2) is 9.96 Å². The van der Waals surface area contributed by atoms with Gasteiger partial charge in [-0.2, -0.15) is 0 Å². The molecule has 4 aromatic rings. The first-order chi connectivity index (χ1) is 15.7. The van der Waals surface area contributed by atoms with Gasteiger partial charge in [0.15, 0.2) is 6.10 Å². The van der Waals surface area contributed by atoms with Crippen LogP contribution in [-0.2, 0) is 14.4 Å². The molecule has 2 aliphatic rings. The SMILES string of the molecule is O=C1[C@H]2[C@@H](c3ccccc3)N(c3ccccc3)O[C@H]2C(=O)N1c1ccc2ccccc2c1. The lowest BCUT2D eigenvalue weighted by Gasteiger charge is -2.28. The van der Waals surface area contributed by atoms with E-state index in [2.05, 4.69) is 0 Å². The summed E-state index contributed by atoms with van der Waals surface area (Å²) in [7, 11) is 0. The fraction of sp³-hybridized carbons (Fsp3) is 0.111. The summed E-state index contributed by atoms with van der Waals surface area (Å²) in [5.74, 6) is -1.19. The highest BCUT2D eigenvalue weighted by atomic mass is 16.7. The molecule has 0 saturated carbocycles. The van der Waals surface area contributed by atoms with Gasteiger partial charge in [0, 0.05) is 0 Å². The Morgan fingerprint density at radius 1 is 0.625 bits per heavy atom. The minimum Gasteiger partial charge on any atom is -0.273 e. The highest BCUT2D eigenvalue weighted by molar-refractivity contribution is 6.24. The molecule has 2 heterocycles. The van der Waals surface area contributed by atoms with Crippen LogP contribution in [0.15, 0.2) is 103 Å². The van der Waals surface area contributed by atoms with E-state index in [1.54, 1.807) is 5.06 Å². The van der Waals surface area contributed by atoms with Crippen LogP contribution in [0.1, 0.15) is 11.6 Å². The Morgan fingerprint density at radius 3 is 2.03 bits per heavy atom. The molecule has 5 nitrogen and oxygen atoms in total. The van der Waals surface area contributed by atoms with Gasteiger partial charge in [-0.3, -0.25) is 14.4 Å². The lowest BCUT2D eigenvalue weighted by Crippen LogP contribution is -2.37. The number of anilines is 2. The second kappa shape index (κ2) is 7.32. The number of amides is 2. The number of hydroxylamine groups is 1. The number of para-hydroxylation sites is 1. The third-order valence-electron chi connectivity index (χ3n) is 6.26. The number of nitrogens with zero attached hydrogens (tertiary/aromatic N) is 2. The van der Waals surface area contributed by atoms with Crippen molar-refractivity contribution in [3.8, 4) is 0 Å². The summed E-state index contributed by atoms with van der Waals surface area (Å²) >= 11 is 0. The molecule has 0 aliphatic carbocycles. The molecule has 2 fully saturated rings. The zero-order valence-corrected chi connectivity index (χ0v) is 17.2. The fourth-order valence-electron chi connectivity index (χ4n) is 4.77. The van der Waals surface area contributed by atoms with Crippen LogP contribution >= 0.6 is 0 Å². The van der Waals surface area contributed by atoms with E-state index in [0.717, 1.165) is 22.0 Å². The van der Waals surface area contributed by atoms with Crippen molar-refractivity contribution in [2.45, 2.75) is 12.1 Å². The zero-order chi connectivity index (χ0) is 21.7. The number of benzene rings is 4. The Morgan fingerprint density at radius 2 is 1.28 bits per heavy atom. The van der Waals surface area contributed by atoms with Gasteiger partial charge in [0.1, 0.15) is 5.92 Å². The molecular formula is C27H20N2O3. The van der Waals surface area contributed by atoms with Crippen molar-refractivity contribution in [2.75, 3.05) is 9.96 Å². The van der Waals surface area contributed by atoms with Crippen molar-refractivity contribution in [3.63, 3.8) is 0 Å². The average molecular weight is 420 g/mol. The quantitative estimate of drug-likeness (QED) is 0.443. The predicted molar refractivity (Wildman–Crippen MR) is 123 cm³/mol. The highest BCUT2D eigenvalue weighted by Gasteiger charge is 2.60. The number of rotatable bonds is 3. The van der Waals surface area contributed by atoms with Crippen LogP contribution in [0.2, 0.25) is 0 Å². The van der Waals surface area contributed by atoms with E-state index in [1.165, 1.54) is 4.90 Å². The molecule has 4 aromatic carbocycles.